The molecule has 0 saturated carbocycles. The number of hydrogen-bond acceptors (Lipinski definition) is 2. The van der Waals surface area contributed by atoms with Gasteiger partial charge in [-0.05, 0) is 55.5 Å². The van der Waals surface area contributed by atoms with Gasteiger partial charge < -0.3 is 16.0 Å². The second-order valence-corrected chi connectivity index (χ2v) is 6.37. The topological polar surface area (TPSA) is 53.6 Å². The summed E-state index contributed by atoms with van der Waals surface area (Å²) in [4.78, 5) is 7.00. The van der Waals surface area contributed by atoms with Crippen LogP contribution in [0.3, 0.4) is 0 Å². The molecule has 2 aromatic carbocycles. The lowest BCUT2D eigenvalue weighted by Gasteiger charge is -2.30. The number of piperidine rings is 1. The molecule has 1 heterocycles. The third-order valence-corrected chi connectivity index (χ3v) is 4.40. The van der Waals surface area contributed by atoms with Gasteiger partial charge in [0, 0.05) is 24.5 Å². The summed E-state index contributed by atoms with van der Waals surface area (Å²) >= 11 is 0. The summed E-state index contributed by atoms with van der Waals surface area (Å²) in [7, 11) is 0. The fourth-order valence-electron chi connectivity index (χ4n) is 3.17. The molecule has 2 aromatic rings. The highest BCUT2D eigenvalue weighted by Crippen LogP contribution is 2.24. The fourth-order valence-corrected chi connectivity index (χ4v) is 3.17. The van der Waals surface area contributed by atoms with E-state index in [0.29, 0.717) is 12.5 Å². The Labute approximate surface area is 167 Å². The van der Waals surface area contributed by atoms with Gasteiger partial charge in [0.1, 0.15) is 0 Å². The molecule has 25 heavy (non-hydrogen) atoms. The minimum absolute atomic E-state index is 0. The highest BCUT2D eigenvalue weighted by Gasteiger charge is 2.13. The van der Waals surface area contributed by atoms with Gasteiger partial charge in [0.05, 0.1) is 6.54 Å². The molecule has 5 heteroatoms. The van der Waals surface area contributed by atoms with Crippen LogP contribution in [0.15, 0.2) is 53.5 Å². The molecule has 0 aliphatic carbocycles. The van der Waals surface area contributed by atoms with E-state index in [-0.39, 0.29) is 24.0 Å². The number of rotatable bonds is 4. The van der Waals surface area contributed by atoms with Crippen molar-refractivity contribution >= 4 is 41.3 Å². The van der Waals surface area contributed by atoms with Crippen molar-refractivity contribution in [2.45, 2.75) is 32.7 Å². The molecule has 0 bridgehead atoms. The largest absolute Gasteiger partial charge is 0.371 e. The molecule has 134 valence electrons. The molecular weight excluding hydrogens is 423 g/mol. The summed E-state index contributed by atoms with van der Waals surface area (Å²) in [6.45, 7) is 4.93. The van der Waals surface area contributed by atoms with E-state index in [9.17, 15) is 0 Å². The Morgan fingerprint density at radius 2 is 1.84 bits per heavy atom. The van der Waals surface area contributed by atoms with Crippen molar-refractivity contribution in [3.8, 4) is 0 Å². The molecule has 1 saturated heterocycles. The van der Waals surface area contributed by atoms with Crippen LogP contribution in [0, 0.1) is 6.92 Å². The van der Waals surface area contributed by atoms with Gasteiger partial charge >= 0.3 is 0 Å². The van der Waals surface area contributed by atoms with Crippen molar-refractivity contribution in [2.75, 3.05) is 23.3 Å². The molecule has 0 unspecified atom stereocenters. The van der Waals surface area contributed by atoms with E-state index in [1.54, 1.807) is 0 Å². The smallest absolute Gasteiger partial charge is 0.193 e. The quantitative estimate of drug-likeness (QED) is 0.409. The first-order valence-corrected chi connectivity index (χ1v) is 8.69. The second-order valence-electron chi connectivity index (χ2n) is 6.37. The fraction of sp³-hybridized carbons (Fsp3) is 0.350. The predicted octanol–water partition coefficient (Wildman–Crippen LogP) is 4.53. The van der Waals surface area contributed by atoms with Crippen molar-refractivity contribution in [3.63, 3.8) is 0 Å². The van der Waals surface area contributed by atoms with Crippen LogP contribution in [-0.4, -0.2) is 19.0 Å². The molecule has 0 atom stereocenters. The summed E-state index contributed by atoms with van der Waals surface area (Å²) in [5.74, 6) is 0.453. The predicted molar refractivity (Wildman–Crippen MR) is 118 cm³/mol. The molecular formula is C20H27IN4. The number of anilines is 2. The SMILES string of the molecule is Cc1cccc(NC(N)=NCc2ccccc2N2CCCCC2)c1.I. The average Bonchev–Trinajstić information content (AvgIpc) is 2.61. The van der Waals surface area contributed by atoms with Crippen LogP contribution in [0.1, 0.15) is 30.4 Å². The van der Waals surface area contributed by atoms with Gasteiger partial charge in [-0.1, -0.05) is 30.3 Å². The zero-order chi connectivity index (χ0) is 16.8. The molecule has 1 aliphatic heterocycles. The molecule has 0 radical (unpaired) electrons. The monoisotopic (exact) mass is 450 g/mol. The molecule has 0 spiro atoms. The van der Waals surface area contributed by atoms with E-state index < -0.39 is 0 Å². The number of aryl methyl sites for hydroxylation is 1. The van der Waals surface area contributed by atoms with Crippen LogP contribution in [-0.2, 0) is 6.54 Å². The highest BCUT2D eigenvalue weighted by molar-refractivity contribution is 14.0. The maximum absolute atomic E-state index is 6.06. The number of nitrogens with zero attached hydrogens (tertiary/aromatic N) is 2. The van der Waals surface area contributed by atoms with E-state index in [0.717, 1.165) is 18.8 Å². The Balaban J connectivity index is 0.00000225. The zero-order valence-corrected chi connectivity index (χ0v) is 17.1. The van der Waals surface area contributed by atoms with Crippen LogP contribution in [0.2, 0.25) is 0 Å². The normalized spacial score (nSPS) is 14.8. The lowest BCUT2D eigenvalue weighted by Crippen LogP contribution is -2.30. The molecule has 3 N–H and O–H groups in total. The Hall–Kier alpha value is -1.76. The van der Waals surface area contributed by atoms with Gasteiger partial charge in [0.15, 0.2) is 5.96 Å². The number of aliphatic imine (C=N–C) groups is 1. The maximum atomic E-state index is 6.06. The van der Waals surface area contributed by atoms with Gasteiger partial charge in [-0.25, -0.2) is 4.99 Å². The van der Waals surface area contributed by atoms with Gasteiger partial charge in [0.2, 0.25) is 0 Å². The van der Waals surface area contributed by atoms with Crippen molar-refractivity contribution in [1.29, 1.82) is 0 Å². The van der Waals surface area contributed by atoms with Gasteiger partial charge in [-0.2, -0.15) is 0 Å². The Morgan fingerprint density at radius 1 is 1.08 bits per heavy atom. The van der Waals surface area contributed by atoms with Crippen LogP contribution in [0.25, 0.3) is 0 Å². The lowest BCUT2D eigenvalue weighted by atomic mass is 10.1. The minimum atomic E-state index is 0. The standard InChI is InChI=1S/C20H26N4.HI/c1-16-8-7-10-18(14-16)23-20(21)22-15-17-9-3-4-11-19(17)24-12-5-2-6-13-24;/h3-4,7-11,14H,2,5-6,12-13,15H2,1H3,(H3,21,22,23);1H. The number of halogens is 1. The van der Waals surface area contributed by atoms with Crippen LogP contribution >= 0.6 is 24.0 Å². The van der Waals surface area contributed by atoms with Crippen molar-refractivity contribution in [3.05, 3.63) is 59.7 Å². The highest BCUT2D eigenvalue weighted by atomic mass is 127. The number of para-hydroxylation sites is 1. The first-order valence-electron chi connectivity index (χ1n) is 8.69. The average molecular weight is 450 g/mol. The Morgan fingerprint density at radius 3 is 2.60 bits per heavy atom. The lowest BCUT2D eigenvalue weighted by molar-refractivity contribution is 0.576. The first-order chi connectivity index (χ1) is 11.7. The van der Waals surface area contributed by atoms with Crippen molar-refractivity contribution in [1.82, 2.24) is 0 Å². The molecule has 4 nitrogen and oxygen atoms in total. The summed E-state index contributed by atoms with van der Waals surface area (Å²) in [6, 6.07) is 16.6. The number of nitrogens with two attached hydrogens (primary N) is 1. The number of benzene rings is 2. The molecule has 1 aliphatic rings. The molecule has 0 aromatic heterocycles. The molecule has 0 amide bonds. The van der Waals surface area contributed by atoms with Crippen LogP contribution in [0.5, 0.6) is 0 Å². The van der Waals surface area contributed by atoms with Crippen molar-refractivity contribution in [2.24, 2.45) is 10.7 Å². The third kappa shape index (κ3) is 5.63. The third-order valence-electron chi connectivity index (χ3n) is 4.40. The van der Waals surface area contributed by atoms with Crippen LogP contribution in [0.4, 0.5) is 11.4 Å². The van der Waals surface area contributed by atoms with E-state index in [1.807, 2.05) is 12.1 Å². The zero-order valence-electron chi connectivity index (χ0n) is 14.7. The summed E-state index contributed by atoms with van der Waals surface area (Å²) in [5, 5.41) is 3.17. The van der Waals surface area contributed by atoms with E-state index in [1.165, 1.54) is 36.1 Å². The minimum Gasteiger partial charge on any atom is -0.371 e. The number of guanidine groups is 1. The van der Waals surface area contributed by atoms with Crippen molar-refractivity contribution < 1.29 is 0 Å². The van der Waals surface area contributed by atoms with Gasteiger partial charge in [-0.3, -0.25) is 0 Å². The maximum Gasteiger partial charge on any atom is 0.193 e. The molecule has 3 rings (SSSR count). The first kappa shape index (κ1) is 19.6. The number of hydrogen-bond donors (Lipinski definition) is 2. The van der Waals surface area contributed by atoms with Crippen LogP contribution < -0.4 is 16.0 Å². The van der Waals surface area contributed by atoms with Gasteiger partial charge in [0.25, 0.3) is 0 Å². The molecule has 1 fully saturated rings. The van der Waals surface area contributed by atoms with E-state index in [2.05, 4.69) is 58.5 Å². The summed E-state index contributed by atoms with van der Waals surface area (Å²) in [6.07, 6.45) is 3.88. The summed E-state index contributed by atoms with van der Waals surface area (Å²) in [5.41, 5.74) is 10.8. The second kappa shape index (κ2) is 9.65. The van der Waals surface area contributed by atoms with E-state index >= 15 is 0 Å². The Bertz CT molecular complexity index is 708. The number of nitrogens with one attached hydrogen (secondary N) is 1. The Kier molecular flexibility index (Phi) is 7.55. The summed E-state index contributed by atoms with van der Waals surface area (Å²) < 4.78 is 0. The van der Waals surface area contributed by atoms with E-state index in [4.69, 9.17) is 5.73 Å². The van der Waals surface area contributed by atoms with Gasteiger partial charge in [-0.15, -0.1) is 24.0 Å².